The van der Waals surface area contributed by atoms with E-state index in [1.165, 1.54) is 23.1 Å². The van der Waals surface area contributed by atoms with Gasteiger partial charge in [0.05, 0.1) is 17.7 Å². The molecule has 102 valence electrons. The number of amides is 1. The number of hydrogen-bond donors (Lipinski definition) is 1. The molecule has 19 heavy (non-hydrogen) atoms. The van der Waals surface area contributed by atoms with Gasteiger partial charge in [-0.05, 0) is 24.1 Å². The second-order valence-electron chi connectivity index (χ2n) is 4.88. The first kappa shape index (κ1) is 15.1. The highest BCUT2D eigenvalue weighted by atomic mass is 19.1. The molecule has 1 amide bonds. The molecular weight excluding hydrogens is 245 g/mol. The van der Waals surface area contributed by atoms with Crippen LogP contribution in [0, 0.1) is 23.1 Å². The highest BCUT2D eigenvalue weighted by Crippen LogP contribution is 2.13. The Labute approximate surface area is 112 Å². The zero-order chi connectivity index (χ0) is 14.6. The van der Waals surface area contributed by atoms with Crippen LogP contribution in [-0.4, -0.2) is 23.9 Å². The Balaban J connectivity index is 2.85. The molecule has 0 fully saturated rings. The first-order chi connectivity index (χ1) is 8.86. The van der Waals surface area contributed by atoms with Crippen molar-refractivity contribution in [2.24, 2.45) is 11.7 Å². The molecule has 0 heterocycles. The van der Waals surface area contributed by atoms with Crippen molar-refractivity contribution in [2.75, 3.05) is 7.05 Å². The number of nitrogens with zero attached hydrogens (tertiary/aromatic N) is 2. The minimum absolute atomic E-state index is 0.0187. The van der Waals surface area contributed by atoms with Crippen LogP contribution in [0.4, 0.5) is 4.39 Å². The van der Waals surface area contributed by atoms with Gasteiger partial charge in [0.1, 0.15) is 5.82 Å². The van der Waals surface area contributed by atoms with E-state index >= 15 is 0 Å². The quantitative estimate of drug-likeness (QED) is 0.897. The summed E-state index contributed by atoms with van der Waals surface area (Å²) in [6.45, 7) is 3.81. The molecule has 0 saturated heterocycles. The molecule has 0 bridgehead atoms. The zero-order valence-corrected chi connectivity index (χ0v) is 11.4. The minimum atomic E-state index is -0.604. The van der Waals surface area contributed by atoms with Crippen molar-refractivity contribution < 1.29 is 9.18 Å². The van der Waals surface area contributed by atoms with Crippen LogP contribution in [0.1, 0.15) is 25.0 Å². The zero-order valence-electron chi connectivity index (χ0n) is 11.4. The lowest BCUT2D eigenvalue weighted by Crippen LogP contribution is -2.44. The standard InChI is InChI=1S/C14H18FN3O/c1-9(2)13(17)14(19)18(3)8-11-6-10(7-16)4-5-12(11)15/h4-6,9,13H,8,17H2,1-3H3. The van der Waals surface area contributed by atoms with Crippen LogP contribution in [0.3, 0.4) is 0 Å². The maximum atomic E-state index is 13.6. The highest BCUT2D eigenvalue weighted by molar-refractivity contribution is 5.81. The van der Waals surface area contributed by atoms with E-state index in [9.17, 15) is 9.18 Å². The van der Waals surface area contributed by atoms with E-state index < -0.39 is 11.9 Å². The van der Waals surface area contributed by atoms with Crippen molar-refractivity contribution in [1.82, 2.24) is 4.90 Å². The van der Waals surface area contributed by atoms with Crippen LogP contribution in [0.5, 0.6) is 0 Å². The van der Waals surface area contributed by atoms with Crippen LogP contribution >= 0.6 is 0 Å². The molecule has 1 unspecified atom stereocenters. The molecule has 2 N–H and O–H groups in total. The van der Waals surface area contributed by atoms with E-state index in [1.54, 1.807) is 7.05 Å². The second kappa shape index (κ2) is 6.30. The average Bonchev–Trinajstić information content (AvgIpc) is 2.39. The van der Waals surface area contributed by atoms with Crippen molar-refractivity contribution in [3.8, 4) is 6.07 Å². The van der Waals surface area contributed by atoms with E-state index in [2.05, 4.69) is 0 Å². The first-order valence-corrected chi connectivity index (χ1v) is 6.06. The highest BCUT2D eigenvalue weighted by Gasteiger charge is 2.21. The molecule has 4 nitrogen and oxygen atoms in total. The Morgan fingerprint density at radius 1 is 1.53 bits per heavy atom. The number of nitrogens with two attached hydrogens (primary N) is 1. The molecule has 0 saturated carbocycles. The topological polar surface area (TPSA) is 70.1 Å². The monoisotopic (exact) mass is 263 g/mol. The van der Waals surface area contributed by atoms with Gasteiger partial charge in [-0.25, -0.2) is 4.39 Å². The van der Waals surface area contributed by atoms with Crippen molar-refractivity contribution in [1.29, 1.82) is 5.26 Å². The summed E-state index contributed by atoms with van der Waals surface area (Å²) in [6.07, 6.45) is 0. The van der Waals surface area contributed by atoms with Gasteiger partial charge in [-0.3, -0.25) is 4.79 Å². The number of halogens is 1. The van der Waals surface area contributed by atoms with Gasteiger partial charge >= 0.3 is 0 Å². The maximum Gasteiger partial charge on any atom is 0.239 e. The third kappa shape index (κ3) is 3.76. The van der Waals surface area contributed by atoms with Gasteiger partial charge in [0.2, 0.25) is 5.91 Å². The lowest BCUT2D eigenvalue weighted by molar-refractivity contribution is -0.132. The number of nitriles is 1. The molecular formula is C14H18FN3O. The lowest BCUT2D eigenvalue weighted by atomic mass is 10.0. The van der Waals surface area contributed by atoms with Crippen LogP contribution in [0.25, 0.3) is 0 Å². The molecule has 0 radical (unpaired) electrons. The molecule has 0 spiro atoms. The van der Waals surface area contributed by atoms with Crippen molar-refractivity contribution in [2.45, 2.75) is 26.4 Å². The van der Waals surface area contributed by atoms with E-state index in [0.717, 1.165) is 0 Å². The molecule has 1 aromatic rings. The number of benzene rings is 1. The minimum Gasteiger partial charge on any atom is -0.340 e. The molecule has 1 aromatic carbocycles. The van der Waals surface area contributed by atoms with E-state index in [1.807, 2.05) is 19.9 Å². The Hall–Kier alpha value is -1.93. The largest absolute Gasteiger partial charge is 0.340 e. The summed E-state index contributed by atoms with van der Waals surface area (Å²) in [5, 5.41) is 8.78. The molecule has 5 heteroatoms. The molecule has 0 aromatic heterocycles. The smallest absolute Gasteiger partial charge is 0.239 e. The Morgan fingerprint density at radius 2 is 2.16 bits per heavy atom. The SMILES string of the molecule is CC(C)C(N)C(=O)N(C)Cc1cc(C#N)ccc1F. The average molecular weight is 263 g/mol. The number of likely N-dealkylation sites (N-methyl/N-ethyl adjacent to an activating group) is 1. The fourth-order valence-electron chi connectivity index (χ4n) is 1.64. The van der Waals surface area contributed by atoms with Crippen LogP contribution in [0.2, 0.25) is 0 Å². The maximum absolute atomic E-state index is 13.6. The predicted molar refractivity (Wildman–Crippen MR) is 70.4 cm³/mol. The fourth-order valence-corrected chi connectivity index (χ4v) is 1.64. The van der Waals surface area contributed by atoms with E-state index in [4.69, 9.17) is 11.0 Å². The summed E-state index contributed by atoms with van der Waals surface area (Å²) in [7, 11) is 1.57. The van der Waals surface area contributed by atoms with Gasteiger partial charge in [0.25, 0.3) is 0 Å². The van der Waals surface area contributed by atoms with Crippen LogP contribution in [-0.2, 0) is 11.3 Å². The Bertz CT molecular complexity index is 508. The summed E-state index contributed by atoms with van der Waals surface area (Å²) >= 11 is 0. The normalized spacial score (nSPS) is 12.1. The van der Waals surface area contributed by atoms with Crippen LogP contribution < -0.4 is 5.73 Å². The number of carbonyl (C=O) groups excluding carboxylic acids is 1. The summed E-state index contributed by atoms with van der Waals surface area (Å²) < 4.78 is 13.6. The van der Waals surface area contributed by atoms with Crippen LogP contribution in [0.15, 0.2) is 18.2 Å². The number of hydrogen-bond acceptors (Lipinski definition) is 3. The van der Waals surface area contributed by atoms with Gasteiger partial charge in [-0.15, -0.1) is 0 Å². The molecule has 1 atom stereocenters. The van der Waals surface area contributed by atoms with Gasteiger partial charge in [-0.1, -0.05) is 13.8 Å². The number of carbonyl (C=O) groups is 1. The first-order valence-electron chi connectivity index (χ1n) is 6.06. The number of rotatable bonds is 4. The predicted octanol–water partition coefficient (Wildman–Crippen LogP) is 1.64. The third-order valence-corrected chi connectivity index (χ3v) is 2.96. The fraction of sp³-hybridized carbons (Fsp3) is 0.429. The summed E-state index contributed by atoms with van der Waals surface area (Å²) in [5.74, 6) is -0.654. The summed E-state index contributed by atoms with van der Waals surface area (Å²) in [4.78, 5) is 13.3. The van der Waals surface area contributed by atoms with E-state index in [0.29, 0.717) is 11.1 Å². The Morgan fingerprint density at radius 3 is 2.68 bits per heavy atom. The third-order valence-electron chi connectivity index (χ3n) is 2.96. The lowest BCUT2D eigenvalue weighted by Gasteiger charge is -2.23. The second-order valence-corrected chi connectivity index (χ2v) is 4.88. The summed E-state index contributed by atoms with van der Waals surface area (Å²) in [5.41, 5.74) is 6.45. The van der Waals surface area contributed by atoms with Crippen molar-refractivity contribution in [3.05, 3.63) is 35.1 Å². The molecule has 0 aliphatic heterocycles. The van der Waals surface area contributed by atoms with E-state index in [-0.39, 0.29) is 18.4 Å². The van der Waals surface area contributed by atoms with Gasteiger partial charge in [0, 0.05) is 19.2 Å². The van der Waals surface area contributed by atoms with Gasteiger partial charge in [-0.2, -0.15) is 5.26 Å². The molecule has 1 rings (SSSR count). The van der Waals surface area contributed by atoms with Crippen molar-refractivity contribution in [3.63, 3.8) is 0 Å². The molecule has 0 aliphatic carbocycles. The van der Waals surface area contributed by atoms with Crippen molar-refractivity contribution >= 4 is 5.91 Å². The molecule has 0 aliphatic rings. The van der Waals surface area contributed by atoms with Gasteiger partial charge in [0.15, 0.2) is 0 Å². The van der Waals surface area contributed by atoms with Gasteiger partial charge < -0.3 is 10.6 Å². The summed E-state index contributed by atoms with van der Waals surface area (Å²) in [6, 6.07) is 5.42. The Kier molecular flexibility index (Phi) is 5.02.